The summed E-state index contributed by atoms with van der Waals surface area (Å²) in [5.74, 6) is 0.0997. The molecule has 0 aliphatic rings. The number of nitrogens with one attached hydrogen (secondary N) is 1. The summed E-state index contributed by atoms with van der Waals surface area (Å²) in [5, 5.41) is 15.4. The predicted molar refractivity (Wildman–Crippen MR) is 125 cm³/mol. The molecule has 3 heterocycles. The molecular formula is C21H21N5S3. The number of nitrogens with two attached hydrogens (primary N) is 1. The van der Waals surface area contributed by atoms with Crippen molar-refractivity contribution in [2.45, 2.75) is 24.0 Å². The van der Waals surface area contributed by atoms with Crippen molar-refractivity contribution in [3.05, 3.63) is 58.5 Å². The Kier molecular flexibility index (Phi) is 5.84. The molecule has 0 spiro atoms. The van der Waals surface area contributed by atoms with Crippen molar-refractivity contribution in [1.82, 2.24) is 14.8 Å². The Hall–Kier alpha value is -2.42. The first-order chi connectivity index (χ1) is 14.1. The Labute approximate surface area is 182 Å². The lowest BCUT2D eigenvalue weighted by Crippen LogP contribution is -2.08. The third-order valence-corrected chi connectivity index (χ3v) is 7.70. The summed E-state index contributed by atoms with van der Waals surface area (Å²) in [7, 11) is 0. The second-order valence-corrected chi connectivity index (χ2v) is 9.45. The maximum absolute atomic E-state index is 7.73. The van der Waals surface area contributed by atoms with E-state index in [4.69, 9.17) is 16.1 Å². The highest BCUT2D eigenvalue weighted by Gasteiger charge is 2.19. The highest BCUT2D eigenvalue weighted by molar-refractivity contribution is 8.00. The van der Waals surface area contributed by atoms with Crippen molar-refractivity contribution >= 4 is 40.3 Å². The van der Waals surface area contributed by atoms with E-state index in [2.05, 4.69) is 29.5 Å². The van der Waals surface area contributed by atoms with E-state index in [0.717, 1.165) is 49.4 Å². The third kappa shape index (κ3) is 3.88. The number of thiazole rings is 1. The fraction of sp³-hybridized carbons (Fsp3) is 0.190. The minimum Gasteiger partial charge on any atom is -0.383 e. The zero-order valence-electron chi connectivity index (χ0n) is 16.2. The molecule has 0 saturated carbocycles. The van der Waals surface area contributed by atoms with Gasteiger partial charge >= 0.3 is 0 Å². The maximum atomic E-state index is 7.73. The van der Waals surface area contributed by atoms with E-state index >= 15 is 0 Å². The van der Waals surface area contributed by atoms with Crippen LogP contribution in [0.25, 0.3) is 27.5 Å². The fourth-order valence-electron chi connectivity index (χ4n) is 3.19. The topological polar surface area (TPSA) is 80.6 Å². The summed E-state index contributed by atoms with van der Waals surface area (Å²) < 4.78 is 3.15. The molecule has 1 aromatic carbocycles. The molecule has 3 aromatic heterocycles. The van der Waals surface area contributed by atoms with E-state index in [1.807, 2.05) is 41.4 Å². The Bertz CT molecular complexity index is 1140. The van der Waals surface area contributed by atoms with Crippen LogP contribution < -0.4 is 5.73 Å². The van der Waals surface area contributed by atoms with Gasteiger partial charge in [-0.05, 0) is 30.9 Å². The molecule has 148 valence electrons. The fourth-order valence-corrected chi connectivity index (χ4v) is 5.89. The molecule has 0 amide bonds. The predicted octanol–water partition coefficient (Wildman–Crippen LogP) is 5.68. The maximum Gasteiger partial charge on any atom is 0.133 e. The molecule has 3 N–H and O–H groups in total. The van der Waals surface area contributed by atoms with Crippen LogP contribution in [0.15, 0.2) is 52.2 Å². The Balaban J connectivity index is 1.76. The van der Waals surface area contributed by atoms with Gasteiger partial charge in [0.1, 0.15) is 10.8 Å². The van der Waals surface area contributed by atoms with Gasteiger partial charge in [0.25, 0.3) is 0 Å². The number of benzene rings is 1. The van der Waals surface area contributed by atoms with E-state index in [1.54, 1.807) is 34.4 Å². The second-order valence-electron chi connectivity index (χ2n) is 6.47. The largest absolute Gasteiger partial charge is 0.383 e. The number of nitrogen functional groups attached to an aromatic ring is 1. The Morgan fingerprint density at radius 1 is 1.24 bits per heavy atom. The van der Waals surface area contributed by atoms with Crippen molar-refractivity contribution < 1.29 is 0 Å². The molecule has 29 heavy (non-hydrogen) atoms. The zero-order valence-corrected chi connectivity index (χ0v) is 18.6. The lowest BCUT2D eigenvalue weighted by Gasteiger charge is -2.08. The molecule has 0 atom stereocenters. The number of amidine groups is 1. The molecule has 0 fully saturated rings. The first kappa shape index (κ1) is 19.9. The number of rotatable bonds is 7. The summed E-state index contributed by atoms with van der Waals surface area (Å²) in [6.07, 6.45) is 5.92. The van der Waals surface area contributed by atoms with Gasteiger partial charge in [-0.3, -0.25) is 5.41 Å². The Morgan fingerprint density at radius 2 is 2.03 bits per heavy atom. The number of aromatic nitrogens is 3. The quantitative estimate of drug-likeness (QED) is 0.220. The Morgan fingerprint density at radius 3 is 2.72 bits per heavy atom. The summed E-state index contributed by atoms with van der Waals surface area (Å²) in [4.78, 5) is 5.71. The highest BCUT2D eigenvalue weighted by atomic mass is 32.2. The molecule has 0 aliphatic heterocycles. The lowest BCUT2D eigenvalue weighted by atomic mass is 10.1. The summed E-state index contributed by atoms with van der Waals surface area (Å²) in [5.41, 5.74) is 11.0. The second kappa shape index (κ2) is 8.52. The number of hydrogen-bond acceptors (Lipinski definition) is 6. The number of hydrogen-bond donors (Lipinski definition) is 2. The van der Waals surface area contributed by atoms with Crippen LogP contribution in [-0.4, -0.2) is 26.9 Å². The van der Waals surface area contributed by atoms with Crippen LogP contribution in [-0.2, 0) is 6.42 Å². The summed E-state index contributed by atoms with van der Waals surface area (Å²) in [6.45, 7) is 2.18. The molecule has 0 radical (unpaired) electrons. The van der Waals surface area contributed by atoms with Crippen LogP contribution in [0, 0.1) is 5.41 Å². The average molecular weight is 440 g/mol. The smallest absolute Gasteiger partial charge is 0.133 e. The van der Waals surface area contributed by atoms with Gasteiger partial charge in [-0.2, -0.15) is 5.10 Å². The molecule has 0 aliphatic carbocycles. The van der Waals surface area contributed by atoms with Crippen molar-refractivity contribution in [2.24, 2.45) is 5.73 Å². The average Bonchev–Trinajstić information content (AvgIpc) is 3.46. The zero-order chi connectivity index (χ0) is 20.4. The normalized spacial score (nSPS) is 11.1. The van der Waals surface area contributed by atoms with Gasteiger partial charge in [-0.25, -0.2) is 9.67 Å². The van der Waals surface area contributed by atoms with Gasteiger partial charge in [0, 0.05) is 16.5 Å². The van der Waals surface area contributed by atoms with Crippen molar-refractivity contribution in [1.29, 1.82) is 5.41 Å². The summed E-state index contributed by atoms with van der Waals surface area (Å²) >= 11 is 4.82. The third-order valence-electron chi connectivity index (χ3n) is 4.52. The highest BCUT2D eigenvalue weighted by Crippen LogP contribution is 2.40. The van der Waals surface area contributed by atoms with E-state index < -0.39 is 0 Å². The number of nitrogens with zero attached hydrogens (tertiary/aromatic N) is 3. The molecular weight excluding hydrogens is 418 g/mol. The lowest BCUT2D eigenvalue weighted by molar-refractivity contribution is 0.776. The SMILES string of the molecule is CCCc1c(-c2csc(-c3cc(C(=N)N)sc3SC)n2)cnn1-c1ccccc1. The van der Waals surface area contributed by atoms with Crippen LogP contribution in [0.3, 0.4) is 0 Å². The number of thioether (sulfide) groups is 1. The number of para-hydroxylation sites is 1. The monoisotopic (exact) mass is 439 g/mol. The molecule has 8 heteroatoms. The number of thiophene rings is 1. The van der Waals surface area contributed by atoms with Crippen LogP contribution in [0.2, 0.25) is 0 Å². The van der Waals surface area contributed by atoms with Gasteiger partial charge in [-0.1, -0.05) is 31.5 Å². The van der Waals surface area contributed by atoms with Crippen LogP contribution in [0.1, 0.15) is 23.9 Å². The van der Waals surface area contributed by atoms with Crippen molar-refractivity contribution in [2.75, 3.05) is 6.26 Å². The summed E-state index contributed by atoms with van der Waals surface area (Å²) in [6, 6.07) is 12.2. The molecule has 5 nitrogen and oxygen atoms in total. The van der Waals surface area contributed by atoms with Crippen LogP contribution >= 0.6 is 34.4 Å². The van der Waals surface area contributed by atoms with E-state index in [-0.39, 0.29) is 5.84 Å². The first-order valence-corrected chi connectivity index (χ1v) is 12.1. The van der Waals surface area contributed by atoms with E-state index in [9.17, 15) is 0 Å². The minimum atomic E-state index is 0.0997. The van der Waals surface area contributed by atoms with Crippen LogP contribution in [0.4, 0.5) is 0 Å². The molecule has 0 unspecified atom stereocenters. The van der Waals surface area contributed by atoms with Gasteiger partial charge in [0.15, 0.2) is 0 Å². The van der Waals surface area contributed by atoms with Gasteiger partial charge in [-0.15, -0.1) is 34.4 Å². The van der Waals surface area contributed by atoms with Gasteiger partial charge in [0.2, 0.25) is 0 Å². The minimum absolute atomic E-state index is 0.0997. The van der Waals surface area contributed by atoms with Crippen LogP contribution in [0.5, 0.6) is 0 Å². The van der Waals surface area contributed by atoms with Gasteiger partial charge < -0.3 is 5.73 Å². The molecule has 0 saturated heterocycles. The van der Waals surface area contributed by atoms with Crippen molar-refractivity contribution in [3.63, 3.8) is 0 Å². The van der Waals surface area contributed by atoms with E-state index in [0.29, 0.717) is 0 Å². The molecule has 4 rings (SSSR count). The first-order valence-electron chi connectivity index (χ1n) is 9.23. The molecule has 0 bridgehead atoms. The van der Waals surface area contributed by atoms with Gasteiger partial charge in [0.05, 0.1) is 32.4 Å². The standard InChI is InChI=1S/C21H21N5S3/c1-3-7-17-15(11-24-26(17)13-8-5-4-6-9-13)16-12-28-20(25-16)14-10-18(19(22)23)29-21(14)27-2/h4-6,8-12H,3,7H2,1-2H3,(H3,22,23). The van der Waals surface area contributed by atoms with Crippen molar-refractivity contribution in [3.8, 4) is 27.5 Å². The molecule has 4 aromatic rings. The van der Waals surface area contributed by atoms with E-state index in [1.165, 1.54) is 5.69 Å².